The molecular formula is C12H18N4O2. The maximum Gasteiger partial charge on any atom is 0.145 e. The zero-order valence-corrected chi connectivity index (χ0v) is 10.9. The van der Waals surface area contributed by atoms with E-state index in [2.05, 4.69) is 16.1 Å². The Morgan fingerprint density at radius 2 is 2.33 bits per heavy atom. The van der Waals surface area contributed by atoms with Crippen LogP contribution in [0, 0.1) is 18.3 Å². The van der Waals surface area contributed by atoms with Gasteiger partial charge in [0.15, 0.2) is 0 Å². The Kier molecular flexibility index (Phi) is 3.55. The lowest BCUT2D eigenvalue weighted by molar-refractivity contribution is -0.0107. The van der Waals surface area contributed by atoms with E-state index in [0.29, 0.717) is 18.7 Å². The zero-order chi connectivity index (χ0) is 13.3. The van der Waals surface area contributed by atoms with Gasteiger partial charge in [-0.05, 0) is 13.8 Å². The molecule has 0 spiro atoms. The van der Waals surface area contributed by atoms with Gasteiger partial charge >= 0.3 is 0 Å². The topological polar surface area (TPSA) is 74.3 Å². The van der Waals surface area contributed by atoms with E-state index in [0.717, 1.165) is 11.5 Å². The number of morpholine rings is 1. The SMILES string of the molecule is Cc1nn(C)c(N2CC(CO)OCC2C)c1C#N. The summed E-state index contributed by atoms with van der Waals surface area (Å²) in [4.78, 5) is 2.09. The Morgan fingerprint density at radius 1 is 1.61 bits per heavy atom. The summed E-state index contributed by atoms with van der Waals surface area (Å²) in [5.41, 5.74) is 1.33. The van der Waals surface area contributed by atoms with E-state index in [1.807, 2.05) is 20.9 Å². The lowest BCUT2D eigenvalue weighted by atomic mass is 10.1. The van der Waals surface area contributed by atoms with Gasteiger partial charge in [0.2, 0.25) is 0 Å². The minimum Gasteiger partial charge on any atom is -0.394 e. The first kappa shape index (κ1) is 12.9. The highest BCUT2D eigenvalue weighted by molar-refractivity contribution is 5.57. The average Bonchev–Trinajstić information content (AvgIpc) is 2.64. The molecule has 1 saturated heterocycles. The van der Waals surface area contributed by atoms with Crippen molar-refractivity contribution in [2.45, 2.75) is 26.0 Å². The summed E-state index contributed by atoms with van der Waals surface area (Å²) in [5.74, 6) is 0.809. The Bertz CT molecular complexity index is 477. The van der Waals surface area contributed by atoms with Gasteiger partial charge in [-0.25, -0.2) is 0 Å². The second kappa shape index (κ2) is 4.96. The molecular weight excluding hydrogens is 232 g/mol. The van der Waals surface area contributed by atoms with E-state index in [9.17, 15) is 10.4 Å². The smallest absolute Gasteiger partial charge is 0.145 e. The van der Waals surface area contributed by atoms with E-state index in [1.165, 1.54) is 0 Å². The van der Waals surface area contributed by atoms with Gasteiger partial charge in [-0.1, -0.05) is 0 Å². The Morgan fingerprint density at radius 3 is 2.94 bits per heavy atom. The molecule has 0 saturated carbocycles. The van der Waals surface area contributed by atoms with Crippen molar-refractivity contribution in [3.05, 3.63) is 11.3 Å². The minimum atomic E-state index is -0.206. The summed E-state index contributed by atoms with van der Waals surface area (Å²) in [6, 6.07) is 2.37. The molecule has 2 atom stereocenters. The van der Waals surface area contributed by atoms with Gasteiger partial charge in [0.1, 0.15) is 17.5 Å². The number of nitrogens with zero attached hydrogens (tertiary/aromatic N) is 4. The molecule has 2 unspecified atom stereocenters. The van der Waals surface area contributed by atoms with Gasteiger partial charge in [-0.3, -0.25) is 4.68 Å². The largest absolute Gasteiger partial charge is 0.394 e. The molecule has 2 heterocycles. The Labute approximate surface area is 106 Å². The Hall–Kier alpha value is -1.58. The van der Waals surface area contributed by atoms with E-state index in [1.54, 1.807) is 4.68 Å². The molecule has 0 bridgehead atoms. The third-order valence-electron chi connectivity index (χ3n) is 3.28. The number of aliphatic hydroxyl groups excluding tert-OH is 1. The number of rotatable bonds is 2. The lowest BCUT2D eigenvalue weighted by Gasteiger charge is -2.38. The van der Waals surface area contributed by atoms with Crippen LogP contribution in [0.5, 0.6) is 0 Å². The molecule has 98 valence electrons. The van der Waals surface area contributed by atoms with Crippen LogP contribution in [0.4, 0.5) is 5.82 Å². The van der Waals surface area contributed by atoms with Crippen LogP contribution in [0.2, 0.25) is 0 Å². The number of hydrogen-bond acceptors (Lipinski definition) is 5. The summed E-state index contributed by atoms with van der Waals surface area (Å²) < 4.78 is 7.23. The minimum absolute atomic E-state index is 0.0120. The van der Waals surface area contributed by atoms with Gasteiger partial charge in [0.05, 0.1) is 31.1 Å². The maximum absolute atomic E-state index is 9.24. The second-order valence-electron chi connectivity index (χ2n) is 4.66. The van der Waals surface area contributed by atoms with Crippen LogP contribution in [0.25, 0.3) is 0 Å². The fraction of sp³-hybridized carbons (Fsp3) is 0.667. The lowest BCUT2D eigenvalue weighted by Crippen LogP contribution is -2.50. The predicted molar refractivity (Wildman–Crippen MR) is 66.3 cm³/mol. The van der Waals surface area contributed by atoms with Gasteiger partial charge in [0, 0.05) is 13.6 Å². The second-order valence-corrected chi connectivity index (χ2v) is 4.66. The standard InChI is InChI=1S/C12H18N4O2/c1-8-7-18-10(6-17)5-16(8)12-11(4-13)9(2)14-15(12)3/h8,10,17H,5-7H2,1-3H3. The maximum atomic E-state index is 9.24. The van der Waals surface area contributed by atoms with Crippen molar-refractivity contribution in [1.29, 1.82) is 5.26 Å². The van der Waals surface area contributed by atoms with Gasteiger partial charge in [0.25, 0.3) is 0 Å². The molecule has 1 fully saturated rings. The van der Waals surface area contributed by atoms with Crippen LogP contribution in [-0.4, -0.2) is 46.8 Å². The average molecular weight is 250 g/mol. The van der Waals surface area contributed by atoms with E-state index < -0.39 is 0 Å². The van der Waals surface area contributed by atoms with Gasteiger partial charge < -0.3 is 14.7 Å². The highest BCUT2D eigenvalue weighted by Crippen LogP contribution is 2.26. The van der Waals surface area contributed by atoms with Crippen molar-refractivity contribution in [2.75, 3.05) is 24.7 Å². The summed E-state index contributed by atoms with van der Waals surface area (Å²) in [6.07, 6.45) is -0.206. The number of aryl methyl sites for hydroxylation is 2. The molecule has 2 rings (SSSR count). The molecule has 0 radical (unpaired) electrons. The molecule has 1 aliphatic rings. The third-order valence-corrected chi connectivity index (χ3v) is 3.28. The molecule has 6 nitrogen and oxygen atoms in total. The molecule has 1 N–H and O–H groups in total. The molecule has 1 aliphatic heterocycles. The van der Waals surface area contributed by atoms with Crippen LogP contribution in [0.15, 0.2) is 0 Å². The van der Waals surface area contributed by atoms with Crippen molar-refractivity contribution in [1.82, 2.24) is 9.78 Å². The predicted octanol–water partition coefficient (Wildman–Crippen LogP) is 0.186. The molecule has 1 aromatic rings. The van der Waals surface area contributed by atoms with E-state index >= 15 is 0 Å². The third kappa shape index (κ3) is 2.07. The Balaban J connectivity index is 2.38. The monoisotopic (exact) mass is 250 g/mol. The fourth-order valence-electron chi connectivity index (χ4n) is 2.33. The number of aliphatic hydroxyl groups is 1. The summed E-state index contributed by atoms with van der Waals surface area (Å²) >= 11 is 0. The number of nitriles is 1. The first-order valence-corrected chi connectivity index (χ1v) is 6.01. The van der Waals surface area contributed by atoms with Crippen molar-refractivity contribution in [3.8, 4) is 6.07 Å². The molecule has 0 aliphatic carbocycles. The van der Waals surface area contributed by atoms with Crippen LogP contribution in [0.3, 0.4) is 0 Å². The summed E-state index contributed by atoms with van der Waals surface area (Å²) in [6.45, 7) is 4.97. The van der Waals surface area contributed by atoms with Crippen molar-refractivity contribution in [3.63, 3.8) is 0 Å². The van der Waals surface area contributed by atoms with Crippen molar-refractivity contribution < 1.29 is 9.84 Å². The van der Waals surface area contributed by atoms with Crippen LogP contribution in [0.1, 0.15) is 18.2 Å². The number of hydrogen-bond donors (Lipinski definition) is 1. The number of aromatic nitrogens is 2. The highest BCUT2D eigenvalue weighted by atomic mass is 16.5. The summed E-state index contributed by atoms with van der Waals surface area (Å²) in [7, 11) is 1.83. The van der Waals surface area contributed by atoms with E-state index in [-0.39, 0.29) is 18.8 Å². The normalized spacial score (nSPS) is 24.1. The molecule has 6 heteroatoms. The van der Waals surface area contributed by atoms with Gasteiger partial charge in [-0.2, -0.15) is 10.4 Å². The van der Waals surface area contributed by atoms with Crippen LogP contribution < -0.4 is 4.90 Å². The molecule has 18 heavy (non-hydrogen) atoms. The molecule has 1 aromatic heterocycles. The number of ether oxygens (including phenoxy) is 1. The summed E-state index contributed by atoms with van der Waals surface area (Å²) in [5, 5.41) is 22.7. The highest BCUT2D eigenvalue weighted by Gasteiger charge is 2.30. The van der Waals surface area contributed by atoms with E-state index in [4.69, 9.17) is 4.74 Å². The molecule has 0 amide bonds. The van der Waals surface area contributed by atoms with Crippen LogP contribution >= 0.6 is 0 Å². The van der Waals surface area contributed by atoms with Crippen LogP contribution in [-0.2, 0) is 11.8 Å². The number of anilines is 1. The van der Waals surface area contributed by atoms with Crippen molar-refractivity contribution in [2.24, 2.45) is 7.05 Å². The first-order chi connectivity index (χ1) is 8.58. The first-order valence-electron chi connectivity index (χ1n) is 6.01. The van der Waals surface area contributed by atoms with Crippen molar-refractivity contribution >= 4 is 5.82 Å². The molecule has 0 aromatic carbocycles. The zero-order valence-electron chi connectivity index (χ0n) is 10.9. The fourth-order valence-corrected chi connectivity index (χ4v) is 2.33. The van der Waals surface area contributed by atoms with Gasteiger partial charge in [-0.15, -0.1) is 0 Å². The quantitative estimate of drug-likeness (QED) is 0.811.